The summed E-state index contributed by atoms with van der Waals surface area (Å²) < 4.78 is 26.4. The van der Waals surface area contributed by atoms with E-state index in [1.165, 1.54) is 6.92 Å². The van der Waals surface area contributed by atoms with Crippen LogP contribution in [0.5, 0.6) is 0 Å². The van der Waals surface area contributed by atoms with Crippen molar-refractivity contribution in [1.29, 1.82) is 0 Å². The van der Waals surface area contributed by atoms with Crippen LogP contribution in [0.25, 0.3) is 0 Å². The standard InChI is InChI=1S/C30H34INO5/c1-22(33)32-28-26(17-31)37-27(21-34-18-23-11-5-2-6-12-23)29(35-19-24-13-7-3-8-14-24)30(28)36-20-25-15-9-4-10-16-25/h2-16,26-30H,17-21H2,1H3,(H,32,33)/t26-,27?,28?,29-,30?/m1/s1. The lowest BCUT2D eigenvalue weighted by Gasteiger charge is -2.46. The lowest BCUT2D eigenvalue weighted by Crippen LogP contribution is -2.65. The first-order valence-electron chi connectivity index (χ1n) is 12.6. The zero-order valence-corrected chi connectivity index (χ0v) is 23.2. The van der Waals surface area contributed by atoms with Gasteiger partial charge < -0.3 is 24.3 Å². The highest BCUT2D eigenvalue weighted by atomic mass is 127. The number of rotatable bonds is 12. The number of nitrogens with one attached hydrogen (secondary N) is 1. The van der Waals surface area contributed by atoms with E-state index in [0.717, 1.165) is 16.7 Å². The van der Waals surface area contributed by atoms with E-state index in [4.69, 9.17) is 18.9 Å². The molecule has 1 aliphatic rings. The molecule has 0 aromatic heterocycles. The molecular formula is C30H34INO5. The largest absolute Gasteiger partial charge is 0.374 e. The molecule has 1 amide bonds. The summed E-state index contributed by atoms with van der Waals surface area (Å²) >= 11 is 2.30. The van der Waals surface area contributed by atoms with Crippen molar-refractivity contribution in [2.45, 2.75) is 57.2 Å². The van der Waals surface area contributed by atoms with E-state index in [2.05, 4.69) is 27.9 Å². The fourth-order valence-corrected chi connectivity index (χ4v) is 5.25. The van der Waals surface area contributed by atoms with Crippen molar-refractivity contribution in [3.05, 3.63) is 108 Å². The molecule has 6 nitrogen and oxygen atoms in total. The van der Waals surface area contributed by atoms with Crippen LogP contribution in [0.4, 0.5) is 0 Å². The van der Waals surface area contributed by atoms with Crippen LogP contribution in [0.15, 0.2) is 91.0 Å². The van der Waals surface area contributed by atoms with Crippen LogP contribution in [0.3, 0.4) is 0 Å². The molecule has 0 aliphatic carbocycles. The number of hydrogen-bond acceptors (Lipinski definition) is 5. The molecule has 5 atom stereocenters. The average molecular weight is 616 g/mol. The second-order valence-electron chi connectivity index (χ2n) is 9.12. The molecule has 1 aliphatic heterocycles. The summed E-state index contributed by atoms with van der Waals surface area (Å²) in [6.07, 6.45) is -1.48. The Morgan fingerprint density at radius 1 is 0.757 bits per heavy atom. The van der Waals surface area contributed by atoms with Gasteiger partial charge in [0, 0.05) is 11.4 Å². The molecule has 0 saturated carbocycles. The van der Waals surface area contributed by atoms with Gasteiger partial charge in [0.05, 0.1) is 38.6 Å². The minimum Gasteiger partial charge on any atom is -0.374 e. The predicted octanol–water partition coefficient (Wildman–Crippen LogP) is 5.08. The van der Waals surface area contributed by atoms with Gasteiger partial charge in [0.25, 0.3) is 0 Å². The molecule has 0 bridgehead atoms. The van der Waals surface area contributed by atoms with E-state index in [1.807, 2.05) is 91.0 Å². The van der Waals surface area contributed by atoms with Gasteiger partial charge in [-0.3, -0.25) is 4.79 Å². The number of halogens is 1. The summed E-state index contributed by atoms with van der Waals surface area (Å²) in [7, 11) is 0. The Balaban J connectivity index is 1.56. The molecular weight excluding hydrogens is 581 g/mol. The lowest BCUT2D eigenvalue weighted by molar-refractivity contribution is -0.227. The highest BCUT2D eigenvalue weighted by Gasteiger charge is 2.47. The Morgan fingerprint density at radius 2 is 1.24 bits per heavy atom. The summed E-state index contributed by atoms with van der Waals surface area (Å²) in [5.74, 6) is -0.127. The molecule has 1 saturated heterocycles. The number of benzene rings is 3. The van der Waals surface area contributed by atoms with Crippen LogP contribution in [0, 0.1) is 0 Å². The molecule has 1 N–H and O–H groups in total. The fourth-order valence-electron chi connectivity index (χ4n) is 4.49. The maximum Gasteiger partial charge on any atom is 0.217 e. The summed E-state index contributed by atoms with van der Waals surface area (Å²) in [4.78, 5) is 12.2. The first-order chi connectivity index (χ1) is 18.1. The van der Waals surface area contributed by atoms with E-state index >= 15 is 0 Å². The van der Waals surface area contributed by atoms with Crippen molar-refractivity contribution >= 4 is 28.5 Å². The second kappa shape index (κ2) is 14.6. The monoisotopic (exact) mass is 615 g/mol. The molecule has 3 aromatic rings. The Labute approximate surface area is 232 Å². The van der Waals surface area contributed by atoms with Gasteiger partial charge in [-0.15, -0.1) is 0 Å². The topological polar surface area (TPSA) is 66.0 Å². The van der Waals surface area contributed by atoms with Crippen LogP contribution < -0.4 is 5.32 Å². The zero-order valence-electron chi connectivity index (χ0n) is 21.0. The van der Waals surface area contributed by atoms with Crippen LogP contribution in [-0.4, -0.2) is 47.4 Å². The number of alkyl halides is 1. The lowest BCUT2D eigenvalue weighted by atomic mass is 9.92. The van der Waals surface area contributed by atoms with Crippen molar-refractivity contribution in [2.24, 2.45) is 0 Å². The Bertz CT molecular complexity index is 1070. The van der Waals surface area contributed by atoms with Crippen LogP contribution in [0.1, 0.15) is 23.6 Å². The third-order valence-electron chi connectivity index (χ3n) is 6.28. The van der Waals surface area contributed by atoms with Gasteiger partial charge in [0.1, 0.15) is 18.3 Å². The maximum atomic E-state index is 12.2. The first kappa shape index (κ1) is 27.7. The molecule has 3 aromatic carbocycles. The summed E-state index contributed by atoms with van der Waals surface area (Å²) in [6.45, 7) is 3.15. The smallest absolute Gasteiger partial charge is 0.217 e. The quantitative estimate of drug-likeness (QED) is 0.228. The average Bonchev–Trinajstić information content (AvgIpc) is 2.93. The number of amides is 1. The zero-order chi connectivity index (χ0) is 25.9. The fraction of sp³-hybridized carbons (Fsp3) is 0.367. The minimum absolute atomic E-state index is 0.127. The van der Waals surface area contributed by atoms with E-state index in [-0.39, 0.29) is 24.2 Å². The predicted molar refractivity (Wildman–Crippen MR) is 151 cm³/mol. The summed E-state index contributed by atoms with van der Waals surface area (Å²) in [5, 5.41) is 3.09. The van der Waals surface area contributed by atoms with Crippen molar-refractivity contribution in [3.8, 4) is 0 Å². The molecule has 7 heteroatoms. The van der Waals surface area contributed by atoms with E-state index < -0.39 is 12.2 Å². The maximum absolute atomic E-state index is 12.2. The minimum atomic E-state index is -0.448. The number of carbonyl (C=O) groups is 1. The Kier molecular flexibility index (Phi) is 10.9. The second-order valence-corrected chi connectivity index (χ2v) is 10.00. The van der Waals surface area contributed by atoms with Gasteiger partial charge in [-0.2, -0.15) is 0 Å². The number of carbonyl (C=O) groups excluding carboxylic acids is 1. The third-order valence-corrected chi connectivity index (χ3v) is 7.15. The highest BCUT2D eigenvalue weighted by molar-refractivity contribution is 14.1. The molecule has 0 spiro atoms. The van der Waals surface area contributed by atoms with Gasteiger partial charge in [-0.05, 0) is 16.7 Å². The summed E-state index contributed by atoms with van der Waals surface area (Å²) in [6, 6.07) is 29.8. The summed E-state index contributed by atoms with van der Waals surface area (Å²) in [5.41, 5.74) is 3.21. The molecule has 3 unspecified atom stereocenters. The van der Waals surface area contributed by atoms with Crippen LogP contribution >= 0.6 is 22.6 Å². The van der Waals surface area contributed by atoms with Crippen LogP contribution in [-0.2, 0) is 43.6 Å². The van der Waals surface area contributed by atoms with E-state index in [1.54, 1.807) is 0 Å². The van der Waals surface area contributed by atoms with Gasteiger partial charge in [0.15, 0.2) is 0 Å². The molecule has 1 heterocycles. The van der Waals surface area contributed by atoms with Gasteiger partial charge in [-0.1, -0.05) is 114 Å². The Hall–Kier alpha value is -2.30. The van der Waals surface area contributed by atoms with E-state index in [0.29, 0.717) is 30.9 Å². The van der Waals surface area contributed by atoms with Crippen molar-refractivity contribution in [1.82, 2.24) is 5.32 Å². The van der Waals surface area contributed by atoms with Gasteiger partial charge in [0.2, 0.25) is 5.91 Å². The van der Waals surface area contributed by atoms with Crippen LogP contribution in [0.2, 0.25) is 0 Å². The van der Waals surface area contributed by atoms with Crippen molar-refractivity contribution in [2.75, 3.05) is 11.0 Å². The molecule has 37 heavy (non-hydrogen) atoms. The molecule has 0 radical (unpaired) electrons. The van der Waals surface area contributed by atoms with E-state index in [9.17, 15) is 4.79 Å². The molecule has 1 fully saturated rings. The highest BCUT2D eigenvalue weighted by Crippen LogP contribution is 2.29. The molecule has 4 rings (SSSR count). The third kappa shape index (κ3) is 8.35. The number of hydrogen-bond donors (Lipinski definition) is 1. The van der Waals surface area contributed by atoms with Crippen molar-refractivity contribution in [3.63, 3.8) is 0 Å². The van der Waals surface area contributed by atoms with Crippen molar-refractivity contribution < 1.29 is 23.7 Å². The number of ether oxygens (including phenoxy) is 4. The normalized spacial score (nSPS) is 23.5. The Morgan fingerprint density at radius 3 is 1.73 bits per heavy atom. The van der Waals surface area contributed by atoms with Gasteiger partial charge >= 0.3 is 0 Å². The SMILES string of the molecule is CC(=O)NC1C(OCc2ccccc2)[C@H](OCc2ccccc2)C(COCc2ccccc2)O[C@@H]1CI. The van der Waals surface area contributed by atoms with Gasteiger partial charge in [-0.25, -0.2) is 0 Å². The first-order valence-corrected chi connectivity index (χ1v) is 14.1. The molecule has 196 valence electrons.